The van der Waals surface area contributed by atoms with Crippen molar-refractivity contribution in [1.82, 2.24) is 0 Å². The summed E-state index contributed by atoms with van der Waals surface area (Å²) in [5.74, 6) is 0. The van der Waals surface area contributed by atoms with Crippen LogP contribution in [0.15, 0.2) is 0 Å². The Morgan fingerprint density at radius 1 is 0.600 bits per heavy atom. The van der Waals surface area contributed by atoms with Gasteiger partial charge in [-0.1, -0.05) is 0 Å². The normalized spacial score (nSPS) is 0. The Balaban J connectivity index is 0. The van der Waals surface area contributed by atoms with Gasteiger partial charge in [-0.15, -0.1) is 0 Å². The monoisotopic (exact) mass is 552 g/mol. The predicted molar refractivity (Wildman–Crippen MR) is 31.1 cm³/mol. The smallest absolute Gasteiger partial charge is 1.00 e. The van der Waals surface area contributed by atoms with Gasteiger partial charge < -0.3 is 17.1 Å². The Morgan fingerprint density at radius 2 is 0.600 bits per heavy atom. The average Bonchev–Trinajstić information content (AvgIpc) is 0. The zero-order chi connectivity index (χ0) is 0. The maximum absolute atomic E-state index is 0. The van der Waals surface area contributed by atoms with Gasteiger partial charge in [0.15, 0.2) is 0 Å². The van der Waals surface area contributed by atoms with Gasteiger partial charge in [-0.05, 0) is 0 Å². The number of hydrogen-bond donors (Lipinski definition) is 0. The van der Waals surface area contributed by atoms with E-state index in [4.69, 9.17) is 0 Å². The first-order valence-electron chi connectivity index (χ1n) is 0. The van der Waals surface area contributed by atoms with Crippen molar-refractivity contribution in [2.75, 3.05) is 0 Å². The SMILES string of the molecule is [P].[P].[Se-2].[Tl+].[Tl+]. The third-order valence-corrected chi connectivity index (χ3v) is 0. The van der Waals surface area contributed by atoms with Crippen LogP contribution in [-0.2, 0) is 0 Å². The summed E-state index contributed by atoms with van der Waals surface area (Å²) in [4.78, 5) is 0. The standard InChI is InChI=1S/2P.Se.2Tl/q;;-2;2*+1. The summed E-state index contributed by atoms with van der Waals surface area (Å²) in [6, 6.07) is 0. The van der Waals surface area contributed by atoms with Crippen molar-refractivity contribution in [1.29, 1.82) is 0 Å². The molecule has 5 heavy (non-hydrogen) atoms. The van der Waals surface area contributed by atoms with Crippen molar-refractivity contribution >= 4 is 91.5 Å². The molecule has 0 spiro atoms. The quantitative estimate of drug-likeness (QED) is 0.307. The van der Waals surface area contributed by atoms with Crippen molar-refractivity contribution in [2.24, 2.45) is 0 Å². The fourth-order valence-corrected chi connectivity index (χ4v) is 0. The third kappa shape index (κ3) is 19.0. The maximum Gasteiger partial charge on any atom is 1.00 e. The van der Waals surface area contributed by atoms with Crippen LogP contribution >= 0.6 is 19.8 Å². The van der Waals surface area contributed by atoms with Crippen LogP contribution in [0.5, 0.6) is 0 Å². The molecule has 5 heteroatoms. The zero-order valence-corrected chi connectivity index (χ0v) is 14.9. The Hall–Kier alpha value is 3.22. The molecule has 0 aromatic carbocycles. The molecule has 0 saturated heterocycles. The van der Waals surface area contributed by atoms with E-state index in [1.807, 2.05) is 0 Å². The van der Waals surface area contributed by atoms with E-state index in [2.05, 4.69) is 0 Å². The molecule has 22 valence electrons. The molecular weight excluding hydrogens is 550 g/mol. The molecule has 0 fully saturated rings. The predicted octanol–water partition coefficient (Wildman–Crippen LogP) is 0.580. The van der Waals surface area contributed by atoms with E-state index in [1.54, 1.807) is 0 Å². The van der Waals surface area contributed by atoms with Crippen molar-refractivity contribution in [3.63, 3.8) is 0 Å². The summed E-state index contributed by atoms with van der Waals surface area (Å²) in [6.07, 6.45) is 0. The van der Waals surface area contributed by atoms with E-state index in [-0.39, 0.29) is 91.5 Å². The summed E-state index contributed by atoms with van der Waals surface area (Å²) in [6.45, 7) is 0. The molecule has 0 nitrogen and oxygen atoms in total. The molecule has 0 atom stereocenters. The van der Waals surface area contributed by atoms with Crippen LogP contribution in [0.4, 0.5) is 0 Å². The molecule has 0 bridgehead atoms. The molecule has 0 saturated carbocycles. The van der Waals surface area contributed by atoms with E-state index in [0.717, 1.165) is 0 Å². The fraction of sp³-hybridized carbons (Fsp3) is 0. The van der Waals surface area contributed by atoms with Crippen LogP contribution in [0.3, 0.4) is 0 Å². The second kappa shape index (κ2) is 26.9. The summed E-state index contributed by atoms with van der Waals surface area (Å²) in [5, 5.41) is 0. The van der Waals surface area contributed by atoms with Crippen molar-refractivity contribution in [3.8, 4) is 0 Å². The molecule has 0 N–H and O–H groups in total. The summed E-state index contributed by atoms with van der Waals surface area (Å²) in [5.41, 5.74) is 0. The fourth-order valence-electron chi connectivity index (χ4n) is 0. The van der Waals surface area contributed by atoms with Gasteiger partial charge >= 0.3 is 54.6 Å². The Labute approximate surface area is 90.0 Å². The van der Waals surface area contributed by atoms with E-state index in [1.165, 1.54) is 0 Å². The second-order valence-electron chi connectivity index (χ2n) is 0. The molecule has 0 unspecified atom stereocenters. The molecule has 6 radical (unpaired) electrons. The largest absolute Gasteiger partial charge is 2.00 e. The molecule has 0 heterocycles. The van der Waals surface area contributed by atoms with Crippen molar-refractivity contribution < 1.29 is 0 Å². The summed E-state index contributed by atoms with van der Waals surface area (Å²) < 4.78 is 0. The van der Waals surface area contributed by atoms with Gasteiger partial charge in [-0.3, -0.25) is 0 Å². The van der Waals surface area contributed by atoms with Gasteiger partial charge in [0.1, 0.15) is 0 Å². The topological polar surface area (TPSA) is 0 Å². The minimum atomic E-state index is 0. The average molecular weight is 550 g/mol. The van der Waals surface area contributed by atoms with E-state index in [0.29, 0.717) is 0 Å². The molecular formula is P2SeTl2. The van der Waals surface area contributed by atoms with Gasteiger partial charge in [-0.25, -0.2) is 0 Å². The molecule has 0 amide bonds. The molecule has 0 aliphatic heterocycles. The van der Waals surface area contributed by atoms with Gasteiger partial charge in [0, 0.05) is 19.8 Å². The van der Waals surface area contributed by atoms with Crippen LogP contribution in [0.1, 0.15) is 0 Å². The Morgan fingerprint density at radius 3 is 0.600 bits per heavy atom. The van der Waals surface area contributed by atoms with Crippen LogP contribution in [0.25, 0.3) is 0 Å². The van der Waals surface area contributed by atoms with Crippen molar-refractivity contribution in [3.05, 3.63) is 0 Å². The molecule has 0 rings (SSSR count). The van der Waals surface area contributed by atoms with Crippen LogP contribution in [0.2, 0.25) is 0 Å². The van der Waals surface area contributed by atoms with E-state index in [9.17, 15) is 0 Å². The number of rotatable bonds is 0. The molecule has 0 aromatic heterocycles. The maximum atomic E-state index is 0. The van der Waals surface area contributed by atoms with Crippen LogP contribution in [0, 0.1) is 0 Å². The summed E-state index contributed by atoms with van der Waals surface area (Å²) >= 11 is 0. The molecule has 0 aliphatic rings. The van der Waals surface area contributed by atoms with Crippen LogP contribution in [-0.4, -0.2) is 71.7 Å². The summed E-state index contributed by atoms with van der Waals surface area (Å²) in [7, 11) is 0. The molecule has 0 aromatic rings. The minimum Gasteiger partial charge on any atom is -2.00 e. The first kappa shape index (κ1) is 41.3. The van der Waals surface area contributed by atoms with Gasteiger partial charge in [-0.2, -0.15) is 0 Å². The minimum absolute atomic E-state index is 0. The van der Waals surface area contributed by atoms with Crippen LogP contribution < -0.4 is 0 Å². The zero-order valence-electron chi connectivity index (χ0n) is 2.46. The molecule has 0 aliphatic carbocycles. The van der Waals surface area contributed by atoms with Gasteiger partial charge in [0.05, 0.1) is 0 Å². The van der Waals surface area contributed by atoms with Gasteiger partial charge in [0.2, 0.25) is 0 Å². The first-order valence-corrected chi connectivity index (χ1v) is 0. The Kier molecular flexibility index (Phi) is 222. The van der Waals surface area contributed by atoms with E-state index < -0.39 is 0 Å². The Bertz CT molecular complexity index is 7.61. The van der Waals surface area contributed by atoms with Crippen molar-refractivity contribution in [2.45, 2.75) is 0 Å². The number of hydrogen-bond acceptors (Lipinski definition) is 0. The first-order chi connectivity index (χ1) is 0. The van der Waals surface area contributed by atoms with Gasteiger partial charge in [0.25, 0.3) is 0 Å². The van der Waals surface area contributed by atoms with E-state index >= 15 is 0 Å². The third-order valence-electron chi connectivity index (χ3n) is 0. The second-order valence-corrected chi connectivity index (χ2v) is 0.